The van der Waals surface area contributed by atoms with Crippen molar-refractivity contribution in [2.75, 3.05) is 5.73 Å². The number of nitrogen functional groups attached to an aromatic ring is 1. The zero-order valence-electron chi connectivity index (χ0n) is 17.2. The maximum Gasteiger partial charge on any atom is 0.223 e. The Hall–Kier alpha value is -3.15. The molecule has 1 aromatic heterocycles. The van der Waals surface area contributed by atoms with Gasteiger partial charge in [0, 0.05) is 17.7 Å². The number of aromatic nitrogens is 2. The predicted octanol–water partition coefficient (Wildman–Crippen LogP) is 3.74. The molecule has 0 unspecified atom stereocenters. The van der Waals surface area contributed by atoms with E-state index in [9.17, 15) is 9.59 Å². The number of ketones is 1. The van der Waals surface area contributed by atoms with Crippen molar-refractivity contribution in [3.05, 3.63) is 59.7 Å². The summed E-state index contributed by atoms with van der Waals surface area (Å²) in [5.41, 5.74) is 9.00. The van der Waals surface area contributed by atoms with Gasteiger partial charge in [0.25, 0.3) is 0 Å². The van der Waals surface area contributed by atoms with E-state index in [0.29, 0.717) is 24.6 Å². The number of benzene rings is 2. The number of amides is 1. The van der Waals surface area contributed by atoms with E-state index in [4.69, 9.17) is 5.73 Å². The molecule has 1 amide bonds. The third-order valence-corrected chi connectivity index (χ3v) is 6.23. The first-order valence-corrected chi connectivity index (χ1v) is 10.6. The van der Waals surface area contributed by atoms with E-state index in [1.807, 2.05) is 36.4 Å². The number of hydrogen-bond acceptors (Lipinski definition) is 4. The van der Waals surface area contributed by atoms with Gasteiger partial charge in [0.05, 0.1) is 11.6 Å². The summed E-state index contributed by atoms with van der Waals surface area (Å²) in [7, 11) is 0. The standard InChI is InChI=1S/C24H28N4O2/c1-15(22(29)12-8-16-7-11-20-21(13-16)27-28-23(20)25)26-24(30)19-10-9-18(14-19)17-5-3-2-4-6-17/h2-7,11,13,15,18-19H,8-10,12,14H2,1H3,(H,26,30)(H3,25,27,28)/t15-,18+,19+/m0/s1. The Labute approximate surface area is 176 Å². The highest BCUT2D eigenvalue weighted by atomic mass is 16.2. The minimum atomic E-state index is -0.472. The third-order valence-electron chi connectivity index (χ3n) is 6.23. The fourth-order valence-electron chi connectivity index (χ4n) is 4.39. The molecule has 3 atom stereocenters. The van der Waals surface area contributed by atoms with Crippen LogP contribution in [0.3, 0.4) is 0 Å². The Morgan fingerprint density at radius 2 is 2.00 bits per heavy atom. The minimum Gasteiger partial charge on any atom is -0.382 e. The van der Waals surface area contributed by atoms with Crippen molar-refractivity contribution in [3.63, 3.8) is 0 Å². The summed E-state index contributed by atoms with van der Waals surface area (Å²) in [6, 6.07) is 15.7. The summed E-state index contributed by atoms with van der Waals surface area (Å²) in [6.07, 6.45) is 3.75. The molecule has 3 aromatic rings. The van der Waals surface area contributed by atoms with E-state index in [1.54, 1.807) is 6.92 Å². The van der Waals surface area contributed by atoms with Gasteiger partial charge >= 0.3 is 0 Å². The first kappa shape index (κ1) is 20.1. The Kier molecular flexibility index (Phi) is 5.84. The SMILES string of the molecule is C[C@H](NC(=O)[C@@H]1CC[C@@H](c2ccccc2)C1)C(=O)CCc1ccc2c(N)n[nH]c2c1. The number of aromatic amines is 1. The van der Waals surface area contributed by atoms with Gasteiger partial charge in [0.1, 0.15) is 0 Å². The number of H-pyrrole nitrogens is 1. The number of fused-ring (bicyclic) bond motifs is 1. The van der Waals surface area contributed by atoms with E-state index < -0.39 is 6.04 Å². The average molecular weight is 405 g/mol. The van der Waals surface area contributed by atoms with Crippen molar-refractivity contribution in [3.8, 4) is 0 Å². The molecule has 0 spiro atoms. The Balaban J connectivity index is 1.27. The molecule has 1 aliphatic rings. The van der Waals surface area contributed by atoms with Crippen molar-refractivity contribution < 1.29 is 9.59 Å². The summed E-state index contributed by atoms with van der Waals surface area (Å²) in [5, 5.41) is 10.7. The molecule has 156 valence electrons. The van der Waals surface area contributed by atoms with E-state index in [2.05, 4.69) is 27.6 Å². The minimum absolute atomic E-state index is 0.00337. The molecule has 1 aliphatic carbocycles. The first-order valence-electron chi connectivity index (χ1n) is 10.6. The van der Waals surface area contributed by atoms with Gasteiger partial charge in [-0.1, -0.05) is 36.4 Å². The fourth-order valence-corrected chi connectivity index (χ4v) is 4.39. The number of carbonyl (C=O) groups is 2. The lowest BCUT2D eigenvalue weighted by Gasteiger charge is -2.17. The summed E-state index contributed by atoms with van der Waals surface area (Å²) >= 11 is 0. The van der Waals surface area contributed by atoms with Crippen LogP contribution in [0.2, 0.25) is 0 Å². The smallest absolute Gasteiger partial charge is 0.223 e. The van der Waals surface area contributed by atoms with Gasteiger partial charge in [-0.05, 0) is 61.8 Å². The number of anilines is 1. The van der Waals surface area contributed by atoms with Crippen molar-refractivity contribution in [1.82, 2.24) is 15.5 Å². The lowest BCUT2D eigenvalue weighted by molar-refractivity contribution is -0.129. The molecule has 1 fully saturated rings. The van der Waals surface area contributed by atoms with Crippen LogP contribution in [-0.2, 0) is 16.0 Å². The lowest BCUT2D eigenvalue weighted by Crippen LogP contribution is -2.41. The maximum absolute atomic E-state index is 12.7. The average Bonchev–Trinajstić information content (AvgIpc) is 3.40. The molecule has 2 aromatic carbocycles. The van der Waals surface area contributed by atoms with Gasteiger partial charge < -0.3 is 11.1 Å². The van der Waals surface area contributed by atoms with E-state index in [1.165, 1.54) is 5.56 Å². The van der Waals surface area contributed by atoms with Crippen LogP contribution in [0.15, 0.2) is 48.5 Å². The number of hydrogen-bond donors (Lipinski definition) is 3. The van der Waals surface area contributed by atoms with Gasteiger partial charge in [0.15, 0.2) is 11.6 Å². The highest BCUT2D eigenvalue weighted by Gasteiger charge is 2.31. The molecular weight excluding hydrogens is 376 g/mol. The molecular formula is C24H28N4O2. The fraction of sp³-hybridized carbons (Fsp3) is 0.375. The van der Waals surface area contributed by atoms with Crippen molar-refractivity contribution >= 4 is 28.4 Å². The van der Waals surface area contributed by atoms with Gasteiger partial charge in [0.2, 0.25) is 5.91 Å². The summed E-state index contributed by atoms with van der Waals surface area (Å²) in [4.78, 5) is 25.2. The number of carbonyl (C=O) groups excluding carboxylic acids is 2. The summed E-state index contributed by atoms with van der Waals surface area (Å²) in [5.74, 6) is 0.942. The molecule has 1 saturated carbocycles. The molecule has 0 radical (unpaired) electrons. The normalized spacial score (nSPS) is 19.6. The van der Waals surface area contributed by atoms with Gasteiger partial charge in [-0.25, -0.2) is 0 Å². The van der Waals surface area contributed by atoms with Crippen LogP contribution < -0.4 is 11.1 Å². The highest BCUT2D eigenvalue weighted by Crippen LogP contribution is 2.38. The van der Waals surface area contributed by atoms with E-state index in [0.717, 1.165) is 35.7 Å². The number of Topliss-reactive ketones (excluding diaryl/α,β-unsaturated/α-hetero) is 1. The number of nitrogens with two attached hydrogens (primary N) is 1. The second-order valence-electron chi connectivity index (χ2n) is 8.30. The summed E-state index contributed by atoms with van der Waals surface area (Å²) < 4.78 is 0. The second-order valence-corrected chi connectivity index (χ2v) is 8.30. The monoisotopic (exact) mass is 404 g/mol. The first-order chi connectivity index (χ1) is 14.5. The zero-order valence-corrected chi connectivity index (χ0v) is 17.2. The van der Waals surface area contributed by atoms with Crippen LogP contribution in [-0.4, -0.2) is 27.9 Å². The molecule has 0 aliphatic heterocycles. The molecule has 6 heteroatoms. The Bertz CT molecular complexity index is 1040. The van der Waals surface area contributed by atoms with Crippen molar-refractivity contribution in [2.24, 2.45) is 5.92 Å². The largest absolute Gasteiger partial charge is 0.382 e. The van der Waals surface area contributed by atoms with Crippen LogP contribution in [0.1, 0.15) is 49.7 Å². The van der Waals surface area contributed by atoms with Crippen LogP contribution in [0, 0.1) is 5.92 Å². The molecule has 6 nitrogen and oxygen atoms in total. The Morgan fingerprint density at radius 3 is 2.80 bits per heavy atom. The van der Waals surface area contributed by atoms with Gasteiger partial charge in [-0.15, -0.1) is 0 Å². The van der Waals surface area contributed by atoms with Crippen molar-refractivity contribution in [1.29, 1.82) is 0 Å². The molecule has 0 bridgehead atoms. The van der Waals surface area contributed by atoms with E-state index >= 15 is 0 Å². The summed E-state index contributed by atoms with van der Waals surface area (Å²) in [6.45, 7) is 1.78. The predicted molar refractivity (Wildman–Crippen MR) is 118 cm³/mol. The second kappa shape index (κ2) is 8.69. The Morgan fingerprint density at radius 1 is 1.20 bits per heavy atom. The van der Waals surface area contributed by atoms with Gasteiger partial charge in [-0.2, -0.15) is 5.10 Å². The molecule has 30 heavy (non-hydrogen) atoms. The zero-order chi connectivity index (χ0) is 21.1. The van der Waals surface area contributed by atoms with Crippen LogP contribution in [0.25, 0.3) is 10.9 Å². The highest BCUT2D eigenvalue weighted by molar-refractivity contribution is 5.90. The van der Waals surface area contributed by atoms with Crippen LogP contribution in [0.5, 0.6) is 0 Å². The molecule has 1 heterocycles. The lowest BCUT2D eigenvalue weighted by atomic mass is 9.96. The molecule has 4 rings (SSSR count). The maximum atomic E-state index is 12.7. The van der Waals surface area contributed by atoms with Gasteiger partial charge in [-0.3, -0.25) is 14.7 Å². The number of aryl methyl sites for hydroxylation is 1. The number of nitrogens with one attached hydrogen (secondary N) is 2. The van der Waals surface area contributed by atoms with Crippen LogP contribution >= 0.6 is 0 Å². The third kappa shape index (κ3) is 4.37. The topological polar surface area (TPSA) is 101 Å². The van der Waals surface area contributed by atoms with Crippen LogP contribution in [0.4, 0.5) is 5.82 Å². The number of nitrogens with zero attached hydrogens (tertiary/aromatic N) is 1. The number of rotatable bonds is 7. The molecule has 4 N–H and O–H groups in total. The molecule has 0 saturated heterocycles. The quantitative estimate of drug-likeness (QED) is 0.558. The van der Waals surface area contributed by atoms with Crippen molar-refractivity contribution in [2.45, 2.75) is 51.0 Å². The van der Waals surface area contributed by atoms with E-state index in [-0.39, 0.29) is 17.6 Å².